The van der Waals surface area contributed by atoms with Crippen molar-refractivity contribution >= 4 is 16.8 Å². The molecule has 0 aliphatic heterocycles. The Morgan fingerprint density at radius 2 is 2.00 bits per heavy atom. The van der Waals surface area contributed by atoms with Gasteiger partial charge in [0.15, 0.2) is 0 Å². The number of nitrogens with two attached hydrogens (primary N) is 1. The third kappa shape index (κ3) is 4.01. The molecule has 0 saturated carbocycles. The van der Waals surface area contributed by atoms with Crippen molar-refractivity contribution in [2.24, 2.45) is 5.73 Å². The first kappa shape index (κ1) is 16.8. The van der Waals surface area contributed by atoms with Crippen molar-refractivity contribution in [3.05, 3.63) is 45.1 Å². The van der Waals surface area contributed by atoms with E-state index in [1.165, 1.54) is 4.57 Å². The van der Waals surface area contributed by atoms with Crippen LogP contribution in [0, 0.1) is 0 Å². The first-order valence-electron chi connectivity index (χ1n) is 6.90. The molecule has 4 N–H and O–H groups in total. The Morgan fingerprint density at radius 1 is 1.30 bits per heavy atom. The molecule has 9 heteroatoms. The largest absolute Gasteiger partial charge is 0.350 e. The first-order valence-corrected chi connectivity index (χ1v) is 6.90. The number of amides is 1. The molecule has 124 valence electrons. The molecule has 0 spiro atoms. The second-order valence-electron chi connectivity index (χ2n) is 5.01. The summed E-state index contributed by atoms with van der Waals surface area (Å²) in [5.74, 6) is -3.81. The van der Waals surface area contributed by atoms with Crippen molar-refractivity contribution in [3.63, 3.8) is 0 Å². The Morgan fingerprint density at radius 3 is 2.70 bits per heavy atom. The highest BCUT2D eigenvalue weighted by atomic mass is 19.3. The molecule has 7 nitrogen and oxygen atoms in total. The van der Waals surface area contributed by atoms with Crippen LogP contribution >= 0.6 is 0 Å². The average Bonchev–Trinajstić information content (AvgIpc) is 2.53. The van der Waals surface area contributed by atoms with Crippen molar-refractivity contribution in [1.29, 1.82) is 0 Å². The van der Waals surface area contributed by atoms with E-state index >= 15 is 0 Å². The third-order valence-electron chi connectivity index (χ3n) is 3.31. The van der Waals surface area contributed by atoms with Crippen LogP contribution in [0.2, 0.25) is 0 Å². The van der Waals surface area contributed by atoms with Gasteiger partial charge < -0.3 is 11.1 Å². The van der Waals surface area contributed by atoms with Gasteiger partial charge in [-0.15, -0.1) is 0 Å². The van der Waals surface area contributed by atoms with Crippen LogP contribution in [0.4, 0.5) is 8.78 Å². The summed E-state index contributed by atoms with van der Waals surface area (Å²) in [6.07, 6.45) is -0.184. The highest BCUT2D eigenvalue weighted by Gasteiger charge is 2.27. The van der Waals surface area contributed by atoms with E-state index in [0.29, 0.717) is 10.9 Å². The van der Waals surface area contributed by atoms with Gasteiger partial charge in [-0.25, -0.2) is 13.6 Å². The second-order valence-corrected chi connectivity index (χ2v) is 5.01. The summed E-state index contributed by atoms with van der Waals surface area (Å²) in [4.78, 5) is 37.3. The number of rotatable bonds is 6. The number of para-hydroxylation sites is 1. The van der Waals surface area contributed by atoms with E-state index in [1.807, 2.05) is 0 Å². The van der Waals surface area contributed by atoms with Gasteiger partial charge in [-0.1, -0.05) is 12.1 Å². The van der Waals surface area contributed by atoms with Gasteiger partial charge in [-0.05, 0) is 12.1 Å². The zero-order valence-corrected chi connectivity index (χ0v) is 12.1. The van der Waals surface area contributed by atoms with Gasteiger partial charge in [-0.3, -0.25) is 19.1 Å². The number of nitrogens with one attached hydrogen (secondary N) is 2. The third-order valence-corrected chi connectivity index (χ3v) is 3.31. The predicted molar refractivity (Wildman–Crippen MR) is 80.5 cm³/mol. The quantitative estimate of drug-likeness (QED) is 0.682. The van der Waals surface area contributed by atoms with Crippen LogP contribution < -0.4 is 22.3 Å². The molecular formula is C14H16F2N4O3. The predicted octanol–water partition coefficient (Wildman–Crippen LogP) is -0.210. The van der Waals surface area contributed by atoms with E-state index in [0.717, 1.165) is 0 Å². The Bertz CT molecular complexity index is 829. The lowest BCUT2D eigenvalue weighted by molar-refractivity contribution is -0.123. The fourth-order valence-electron chi connectivity index (χ4n) is 2.07. The van der Waals surface area contributed by atoms with Crippen molar-refractivity contribution in [1.82, 2.24) is 14.9 Å². The fraction of sp³-hybridized carbons (Fsp3) is 0.357. The molecule has 0 fully saturated rings. The lowest BCUT2D eigenvalue weighted by Crippen LogP contribution is -2.42. The normalized spacial score (nSPS) is 11.6. The number of benzene rings is 1. The van der Waals surface area contributed by atoms with Crippen LogP contribution in [-0.2, 0) is 11.3 Å². The highest BCUT2D eigenvalue weighted by molar-refractivity contribution is 5.78. The van der Waals surface area contributed by atoms with Crippen LogP contribution in [0.3, 0.4) is 0 Å². The fourth-order valence-corrected chi connectivity index (χ4v) is 2.07. The molecule has 2 aromatic rings. The van der Waals surface area contributed by atoms with Crippen LogP contribution in [-0.4, -0.2) is 34.5 Å². The molecule has 1 aromatic carbocycles. The van der Waals surface area contributed by atoms with E-state index in [4.69, 9.17) is 5.73 Å². The number of alkyl halides is 2. The molecule has 0 bridgehead atoms. The topological polar surface area (TPSA) is 110 Å². The zero-order chi connectivity index (χ0) is 17.0. The molecule has 2 rings (SSSR count). The molecule has 1 amide bonds. The Kier molecular flexibility index (Phi) is 4.89. The number of hydrogen-bond acceptors (Lipinski definition) is 4. The molecule has 0 aliphatic rings. The van der Waals surface area contributed by atoms with E-state index in [9.17, 15) is 23.2 Å². The summed E-state index contributed by atoms with van der Waals surface area (Å²) in [7, 11) is 0. The molecule has 0 unspecified atom stereocenters. The standard InChI is InChI=1S/C14H16F2N4O3/c15-14(16,7-17)8-18-11(21)5-6-20-10-4-2-1-3-9(10)12(22)19-13(20)23/h1-4H,5-8,17H2,(H,18,21)(H,19,22,23). The molecular weight excluding hydrogens is 310 g/mol. The van der Waals surface area contributed by atoms with Gasteiger partial charge in [-0.2, -0.15) is 0 Å². The van der Waals surface area contributed by atoms with Crippen molar-refractivity contribution in [2.75, 3.05) is 13.1 Å². The maximum atomic E-state index is 13.0. The highest BCUT2D eigenvalue weighted by Crippen LogP contribution is 2.09. The Labute approximate surface area is 129 Å². The monoisotopic (exact) mass is 326 g/mol. The average molecular weight is 326 g/mol. The first-order chi connectivity index (χ1) is 10.8. The van der Waals surface area contributed by atoms with Crippen LogP contribution in [0.25, 0.3) is 10.9 Å². The molecule has 0 radical (unpaired) electrons. The van der Waals surface area contributed by atoms with E-state index in [-0.39, 0.29) is 13.0 Å². The SMILES string of the molecule is NCC(F)(F)CNC(=O)CCn1c(=O)[nH]c(=O)c2ccccc21. The number of aromatic nitrogens is 2. The Hall–Kier alpha value is -2.55. The molecule has 0 saturated heterocycles. The summed E-state index contributed by atoms with van der Waals surface area (Å²) in [6, 6.07) is 6.42. The van der Waals surface area contributed by atoms with Gasteiger partial charge in [0, 0.05) is 13.0 Å². The molecule has 23 heavy (non-hydrogen) atoms. The molecule has 0 atom stereocenters. The second kappa shape index (κ2) is 6.69. The number of carbonyl (C=O) groups excluding carboxylic acids is 1. The van der Waals surface area contributed by atoms with Gasteiger partial charge in [0.1, 0.15) is 0 Å². The van der Waals surface area contributed by atoms with Crippen molar-refractivity contribution < 1.29 is 13.6 Å². The number of aryl methyl sites for hydroxylation is 1. The molecule has 1 aromatic heterocycles. The number of aromatic amines is 1. The van der Waals surface area contributed by atoms with Crippen molar-refractivity contribution in [3.8, 4) is 0 Å². The minimum absolute atomic E-state index is 0.0455. The van der Waals surface area contributed by atoms with Gasteiger partial charge in [0.05, 0.1) is 24.0 Å². The van der Waals surface area contributed by atoms with Crippen LogP contribution in [0.15, 0.2) is 33.9 Å². The lowest BCUT2D eigenvalue weighted by Gasteiger charge is -2.15. The number of H-pyrrole nitrogens is 1. The lowest BCUT2D eigenvalue weighted by atomic mass is 10.2. The van der Waals surface area contributed by atoms with E-state index < -0.39 is 36.2 Å². The van der Waals surface area contributed by atoms with Gasteiger partial charge >= 0.3 is 5.69 Å². The molecule has 1 heterocycles. The molecule has 0 aliphatic carbocycles. The minimum atomic E-state index is -3.17. The Balaban J connectivity index is 2.13. The number of fused-ring (bicyclic) bond motifs is 1. The smallest absolute Gasteiger partial charge is 0.328 e. The van der Waals surface area contributed by atoms with E-state index in [1.54, 1.807) is 24.3 Å². The number of hydrogen-bond donors (Lipinski definition) is 3. The van der Waals surface area contributed by atoms with Crippen LogP contribution in [0.1, 0.15) is 6.42 Å². The summed E-state index contributed by atoms with van der Waals surface area (Å²) in [5, 5.41) is 2.37. The van der Waals surface area contributed by atoms with Crippen molar-refractivity contribution in [2.45, 2.75) is 18.9 Å². The minimum Gasteiger partial charge on any atom is -0.350 e. The summed E-state index contributed by atoms with van der Waals surface area (Å²) >= 11 is 0. The van der Waals surface area contributed by atoms with E-state index in [2.05, 4.69) is 10.3 Å². The zero-order valence-electron chi connectivity index (χ0n) is 12.1. The van der Waals surface area contributed by atoms with Gasteiger partial charge in [0.2, 0.25) is 5.91 Å². The summed E-state index contributed by atoms with van der Waals surface area (Å²) < 4.78 is 27.1. The number of carbonyl (C=O) groups is 1. The summed E-state index contributed by atoms with van der Waals surface area (Å²) in [6.45, 7) is -1.77. The maximum Gasteiger partial charge on any atom is 0.328 e. The number of nitrogens with zero attached hydrogens (tertiary/aromatic N) is 1. The number of halogens is 2. The summed E-state index contributed by atoms with van der Waals surface area (Å²) in [5.41, 5.74) is 4.07. The van der Waals surface area contributed by atoms with Gasteiger partial charge in [0.25, 0.3) is 11.5 Å². The van der Waals surface area contributed by atoms with Crippen LogP contribution in [0.5, 0.6) is 0 Å². The maximum absolute atomic E-state index is 13.0.